The summed E-state index contributed by atoms with van der Waals surface area (Å²) in [6.07, 6.45) is 3.18. The van der Waals surface area contributed by atoms with Crippen LogP contribution in [0.1, 0.15) is 24.3 Å². The number of nitrogens with one attached hydrogen (secondary N) is 2. The van der Waals surface area contributed by atoms with E-state index in [4.69, 9.17) is 0 Å². The minimum absolute atomic E-state index is 0. The predicted octanol–water partition coefficient (Wildman–Crippen LogP) is 2.91. The largest absolute Gasteiger partial charge is 0.383 e. The molecule has 2 heterocycles. The molecule has 28 heavy (non-hydrogen) atoms. The lowest BCUT2D eigenvalue weighted by Crippen LogP contribution is -2.44. The lowest BCUT2D eigenvalue weighted by Gasteiger charge is -2.23. The summed E-state index contributed by atoms with van der Waals surface area (Å²) in [5.41, 5.74) is 1.10. The molecule has 9 heteroatoms. The van der Waals surface area contributed by atoms with Gasteiger partial charge in [0, 0.05) is 11.4 Å². The van der Waals surface area contributed by atoms with Crippen LogP contribution in [0.5, 0.6) is 0 Å². The lowest BCUT2D eigenvalue weighted by molar-refractivity contribution is 0.0655. The van der Waals surface area contributed by atoms with Crippen molar-refractivity contribution in [3.8, 4) is 5.69 Å². The fourth-order valence-electron chi connectivity index (χ4n) is 2.54. The van der Waals surface area contributed by atoms with E-state index in [0.29, 0.717) is 19.0 Å². The third-order valence-corrected chi connectivity index (χ3v) is 5.16. The van der Waals surface area contributed by atoms with Crippen LogP contribution in [0.15, 0.2) is 59.4 Å². The number of aliphatic imine (C=N–C) groups is 1. The SMILES string of the molecule is CCNC(=NCc1ccc(-n2cncn2)cc1)NCC(C)(O)c1cccs1.I. The molecule has 0 radical (unpaired) electrons. The Kier molecular flexibility index (Phi) is 8.39. The number of nitrogens with zero attached hydrogens (tertiary/aromatic N) is 4. The molecule has 2 aromatic heterocycles. The summed E-state index contributed by atoms with van der Waals surface area (Å²) in [5.74, 6) is 0.676. The second-order valence-corrected chi connectivity index (χ2v) is 7.25. The highest BCUT2D eigenvalue weighted by Crippen LogP contribution is 2.24. The molecule has 1 unspecified atom stereocenters. The van der Waals surface area contributed by atoms with Gasteiger partial charge in [0.15, 0.2) is 5.96 Å². The first-order chi connectivity index (χ1) is 13.1. The van der Waals surface area contributed by atoms with Gasteiger partial charge in [-0.05, 0) is 43.0 Å². The van der Waals surface area contributed by atoms with Gasteiger partial charge in [-0.3, -0.25) is 0 Å². The van der Waals surface area contributed by atoms with Crippen molar-refractivity contribution >= 4 is 41.3 Å². The average Bonchev–Trinajstić information content (AvgIpc) is 3.39. The second kappa shape index (κ2) is 10.5. The zero-order valence-electron chi connectivity index (χ0n) is 15.9. The van der Waals surface area contributed by atoms with E-state index in [2.05, 4.69) is 25.7 Å². The van der Waals surface area contributed by atoms with E-state index >= 15 is 0 Å². The number of aliphatic hydroxyl groups is 1. The standard InChI is InChI=1S/C19H24N6OS.HI/c1-3-21-18(23-12-19(2,26)17-5-4-10-27-17)22-11-15-6-8-16(9-7-15)25-14-20-13-24-25;/h4-10,13-14,26H,3,11-12H2,1-2H3,(H2,21,22,23);1H. The number of halogens is 1. The van der Waals surface area contributed by atoms with E-state index in [1.165, 1.54) is 6.33 Å². The molecule has 0 aliphatic heterocycles. The summed E-state index contributed by atoms with van der Waals surface area (Å²) in [6.45, 7) is 5.48. The van der Waals surface area contributed by atoms with Crippen LogP contribution in [0.2, 0.25) is 0 Å². The van der Waals surface area contributed by atoms with Gasteiger partial charge in [-0.2, -0.15) is 5.10 Å². The van der Waals surface area contributed by atoms with E-state index in [1.807, 2.05) is 48.7 Å². The Morgan fingerprint density at radius 1 is 1.25 bits per heavy atom. The van der Waals surface area contributed by atoms with Gasteiger partial charge in [0.2, 0.25) is 0 Å². The van der Waals surface area contributed by atoms with Gasteiger partial charge in [0.25, 0.3) is 0 Å². The van der Waals surface area contributed by atoms with Crippen LogP contribution in [0.25, 0.3) is 5.69 Å². The van der Waals surface area contributed by atoms with Gasteiger partial charge < -0.3 is 15.7 Å². The highest BCUT2D eigenvalue weighted by Gasteiger charge is 2.24. The van der Waals surface area contributed by atoms with Gasteiger partial charge in [0.1, 0.15) is 18.3 Å². The molecule has 1 aromatic carbocycles. The molecule has 0 aliphatic carbocycles. The van der Waals surface area contributed by atoms with Crippen molar-refractivity contribution in [2.45, 2.75) is 26.0 Å². The van der Waals surface area contributed by atoms with Crippen LogP contribution in [0, 0.1) is 0 Å². The molecule has 0 saturated heterocycles. The van der Waals surface area contributed by atoms with Crippen LogP contribution in [-0.4, -0.2) is 38.9 Å². The van der Waals surface area contributed by atoms with Crippen LogP contribution in [0.3, 0.4) is 0 Å². The Bertz CT molecular complexity index is 847. The molecule has 3 rings (SSSR count). The van der Waals surface area contributed by atoms with Crippen LogP contribution in [0.4, 0.5) is 0 Å². The second-order valence-electron chi connectivity index (χ2n) is 6.31. The number of hydrogen-bond donors (Lipinski definition) is 3. The molecule has 1 atom stereocenters. The van der Waals surface area contributed by atoms with E-state index in [1.54, 1.807) is 29.3 Å². The molecule has 0 spiro atoms. The smallest absolute Gasteiger partial charge is 0.191 e. The maximum atomic E-state index is 10.6. The maximum absolute atomic E-state index is 10.6. The fraction of sp³-hybridized carbons (Fsp3) is 0.316. The molecule has 3 aromatic rings. The van der Waals surface area contributed by atoms with Crippen molar-refractivity contribution in [3.05, 3.63) is 64.9 Å². The minimum Gasteiger partial charge on any atom is -0.383 e. The predicted molar refractivity (Wildman–Crippen MR) is 123 cm³/mol. The lowest BCUT2D eigenvalue weighted by atomic mass is 10.1. The van der Waals surface area contributed by atoms with Gasteiger partial charge in [0.05, 0.1) is 18.8 Å². The van der Waals surface area contributed by atoms with E-state index in [0.717, 1.165) is 22.7 Å². The molecule has 0 bridgehead atoms. The summed E-state index contributed by atoms with van der Waals surface area (Å²) >= 11 is 1.54. The zero-order chi connectivity index (χ0) is 19.1. The molecule has 0 saturated carbocycles. The van der Waals surface area contributed by atoms with Crippen LogP contribution >= 0.6 is 35.3 Å². The van der Waals surface area contributed by atoms with Gasteiger partial charge in [-0.15, -0.1) is 35.3 Å². The van der Waals surface area contributed by atoms with Crippen LogP contribution < -0.4 is 10.6 Å². The highest BCUT2D eigenvalue weighted by molar-refractivity contribution is 14.0. The Hall–Kier alpha value is -1.98. The third-order valence-electron chi connectivity index (χ3n) is 4.04. The first-order valence-corrected chi connectivity index (χ1v) is 9.69. The molecular formula is C19H25IN6OS. The van der Waals surface area contributed by atoms with Gasteiger partial charge >= 0.3 is 0 Å². The number of hydrogen-bond acceptors (Lipinski definition) is 5. The Morgan fingerprint density at radius 2 is 2.04 bits per heavy atom. The maximum Gasteiger partial charge on any atom is 0.191 e. The first kappa shape index (κ1) is 22.3. The quantitative estimate of drug-likeness (QED) is 0.258. The average molecular weight is 512 g/mol. The fourth-order valence-corrected chi connectivity index (χ4v) is 3.32. The normalized spacial score (nSPS) is 13.5. The van der Waals surface area contributed by atoms with E-state index < -0.39 is 5.60 Å². The van der Waals surface area contributed by atoms with Crippen molar-refractivity contribution < 1.29 is 5.11 Å². The molecular weight excluding hydrogens is 487 g/mol. The Labute approximate surface area is 186 Å². The Morgan fingerprint density at radius 3 is 2.64 bits per heavy atom. The Balaban J connectivity index is 0.00000280. The molecule has 0 aliphatic rings. The van der Waals surface area contributed by atoms with Gasteiger partial charge in [-0.25, -0.2) is 14.7 Å². The number of benzene rings is 1. The summed E-state index contributed by atoms with van der Waals surface area (Å²) in [6, 6.07) is 11.9. The number of guanidine groups is 1. The van der Waals surface area contributed by atoms with E-state index in [-0.39, 0.29) is 24.0 Å². The molecule has 7 nitrogen and oxygen atoms in total. The summed E-state index contributed by atoms with van der Waals surface area (Å²) in [7, 11) is 0. The third kappa shape index (κ3) is 6.01. The summed E-state index contributed by atoms with van der Waals surface area (Å²) < 4.78 is 1.71. The van der Waals surface area contributed by atoms with Crippen molar-refractivity contribution in [1.82, 2.24) is 25.4 Å². The van der Waals surface area contributed by atoms with Crippen molar-refractivity contribution in [2.75, 3.05) is 13.1 Å². The molecule has 0 amide bonds. The number of aromatic nitrogens is 3. The molecule has 3 N–H and O–H groups in total. The topological polar surface area (TPSA) is 87.4 Å². The van der Waals surface area contributed by atoms with E-state index in [9.17, 15) is 5.11 Å². The zero-order valence-corrected chi connectivity index (χ0v) is 19.0. The van der Waals surface area contributed by atoms with Crippen LogP contribution in [-0.2, 0) is 12.1 Å². The van der Waals surface area contributed by atoms with Crippen molar-refractivity contribution in [3.63, 3.8) is 0 Å². The number of thiophene rings is 1. The summed E-state index contributed by atoms with van der Waals surface area (Å²) in [4.78, 5) is 9.49. The first-order valence-electron chi connectivity index (χ1n) is 8.81. The molecule has 0 fully saturated rings. The number of rotatable bonds is 7. The molecule has 150 valence electrons. The van der Waals surface area contributed by atoms with Crippen molar-refractivity contribution in [1.29, 1.82) is 0 Å². The van der Waals surface area contributed by atoms with Crippen molar-refractivity contribution in [2.24, 2.45) is 4.99 Å². The summed E-state index contributed by atoms with van der Waals surface area (Å²) in [5, 5.41) is 23.2. The highest BCUT2D eigenvalue weighted by atomic mass is 127. The monoisotopic (exact) mass is 512 g/mol. The minimum atomic E-state index is -0.941. The van der Waals surface area contributed by atoms with Gasteiger partial charge in [-0.1, -0.05) is 18.2 Å².